The van der Waals surface area contributed by atoms with Crippen LogP contribution < -0.4 is 10.1 Å². The number of hydrogen-bond acceptors (Lipinski definition) is 4. The minimum atomic E-state index is -0.339. The summed E-state index contributed by atoms with van der Waals surface area (Å²) in [4.78, 5) is 11.5. The van der Waals surface area contributed by atoms with E-state index in [1.807, 2.05) is 0 Å². The fourth-order valence-corrected chi connectivity index (χ4v) is 1.76. The van der Waals surface area contributed by atoms with E-state index >= 15 is 0 Å². The molecule has 5 nitrogen and oxygen atoms in total. The van der Waals surface area contributed by atoms with Crippen molar-refractivity contribution in [2.45, 2.75) is 19.1 Å². The molecule has 1 aliphatic rings. The molecule has 1 aromatic carbocycles. The first kappa shape index (κ1) is 14.7. The van der Waals surface area contributed by atoms with Crippen molar-refractivity contribution in [3.05, 3.63) is 30.1 Å². The van der Waals surface area contributed by atoms with Gasteiger partial charge in [-0.25, -0.2) is 4.39 Å². The van der Waals surface area contributed by atoms with Crippen LogP contribution in [0.5, 0.6) is 5.75 Å². The van der Waals surface area contributed by atoms with Crippen LogP contribution in [0.2, 0.25) is 0 Å². The molecule has 0 aliphatic carbocycles. The van der Waals surface area contributed by atoms with Crippen molar-refractivity contribution in [1.29, 1.82) is 0 Å². The maximum absolute atomic E-state index is 12.7. The number of carbonyl (C=O) groups is 1. The zero-order valence-corrected chi connectivity index (χ0v) is 11.1. The lowest BCUT2D eigenvalue weighted by Gasteiger charge is -2.23. The minimum Gasteiger partial charge on any atom is -0.484 e. The fraction of sp³-hybridized carbons (Fsp3) is 0.500. The number of carbonyl (C=O) groups excluding carboxylic acids is 1. The highest BCUT2D eigenvalue weighted by Crippen LogP contribution is 2.10. The van der Waals surface area contributed by atoms with Gasteiger partial charge >= 0.3 is 0 Å². The smallest absolute Gasteiger partial charge is 0.257 e. The van der Waals surface area contributed by atoms with Gasteiger partial charge in [-0.05, 0) is 30.7 Å². The van der Waals surface area contributed by atoms with Gasteiger partial charge in [-0.3, -0.25) is 4.79 Å². The molecule has 0 saturated carbocycles. The zero-order valence-electron chi connectivity index (χ0n) is 11.1. The van der Waals surface area contributed by atoms with Crippen LogP contribution in [0.1, 0.15) is 12.8 Å². The molecule has 1 amide bonds. The van der Waals surface area contributed by atoms with Gasteiger partial charge in [0.05, 0.1) is 13.2 Å². The van der Waals surface area contributed by atoms with Gasteiger partial charge in [-0.2, -0.15) is 0 Å². The third kappa shape index (κ3) is 5.14. The summed E-state index contributed by atoms with van der Waals surface area (Å²) < 4.78 is 28.6. The number of amides is 1. The molecule has 1 fully saturated rings. The van der Waals surface area contributed by atoms with Gasteiger partial charge in [-0.1, -0.05) is 0 Å². The summed E-state index contributed by atoms with van der Waals surface area (Å²) in [5.41, 5.74) is 0. The van der Waals surface area contributed by atoms with Crippen molar-refractivity contribution in [1.82, 2.24) is 5.32 Å². The van der Waals surface area contributed by atoms with Crippen LogP contribution in [-0.2, 0) is 14.3 Å². The summed E-state index contributed by atoms with van der Waals surface area (Å²) in [6.45, 7) is 1.77. The Balaban J connectivity index is 1.59. The molecule has 0 spiro atoms. The highest BCUT2D eigenvalue weighted by atomic mass is 19.1. The van der Waals surface area contributed by atoms with Crippen LogP contribution in [-0.4, -0.2) is 38.6 Å². The van der Waals surface area contributed by atoms with Crippen molar-refractivity contribution >= 4 is 5.91 Å². The Labute approximate surface area is 117 Å². The predicted octanol–water partition coefficient (Wildman–Crippen LogP) is 1.47. The van der Waals surface area contributed by atoms with E-state index in [9.17, 15) is 9.18 Å². The average Bonchev–Trinajstić information content (AvgIpc) is 2.48. The average molecular weight is 283 g/mol. The fourth-order valence-electron chi connectivity index (χ4n) is 1.76. The van der Waals surface area contributed by atoms with Crippen molar-refractivity contribution in [2.24, 2.45) is 0 Å². The highest BCUT2D eigenvalue weighted by Gasteiger charge is 2.14. The topological polar surface area (TPSA) is 56.8 Å². The highest BCUT2D eigenvalue weighted by molar-refractivity contribution is 5.77. The molecule has 1 aromatic rings. The van der Waals surface area contributed by atoms with Gasteiger partial charge < -0.3 is 19.5 Å². The van der Waals surface area contributed by atoms with Crippen LogP contribution in [0.25, 0.3) is 0 Å². The Morgan fingerprint density at radius 2 is 2.00 bits per heavy atom. The van der Waals surface area contributed by atoms with E-state index in [1.165, 1.54) is 24.3 Å². The van der Waals surface area contributed by atoms with Crippen LogP contribution in [0.15, 0.2) is 24.3 Å². The largest absolute Gasteiger partial charge is 0.484 e. The van der Waals surface area contributed by atoms with E-state index < -0.39 is 0 Å². The van der Waals surface area contributed by atoms with Gasteiger partial charge in [0.25, 0.3) is 5.91 Å². The van der Waals surface area contributed by atoms with Gasteiger partial charge in [0, 0.05) is 13.0 Å². The van der Waals surface area contributed by atoms with Crippen molar-refractivity contribution in [3.8, 4) is 5.75 Å². The number of ether oxygens (including phenoxy) is 3. The Morgan fingerprint density at radius 3 is 2.70 bits per heavy atom. The molecule has 1 aliphatic heterocycles. The van der Waals surface area contributed by atoms with Crippen LogP contribution in [0.3, 0.4) is 0 Å². The number of hydrogen-bond donors (Lipinski definition) is 1. The van der Waals surface area contributed by atoms with E-state index in [-0.39, 0.29) is 24.6 Å². The van der Waals surface area contributed by atoms with Gasteiger partial charge in [0.2, 0.25) is 0 Å². The SMILES string of the molecule is O=C(COc1ccc(F)cc1)NCCC1OCCCO1. The van der Waals surface area contributed by atoms with E-state index in [1.54, 1.807) is 0 Å². The van der Waals surface area contributed by atoms with Crippen LogP contribution >= 0.6 is 0 Å². The first-order valence-electron chi connectivity index (χ1n) is 6.62. The molecular weight excluding hydrogens is 265 g/mol. The molecule has 110 valence electrons. The molecule has 6 heteroatoms. The third-order valence-electron chi connectivity index (χ3n) is 2.78. The monoisotopic (exact) mass is 283 g/mol. The lowest BCUT2D eigenvalue weighted by molar-refractivity contribution is -0.180. The second kappa shape index (κ2) is 7.81. The molecule has 20 heavy (non-hydrogen) atoms. The summed E-state index contributed by atoms with van der Waals surface area (Å²) in [5.74, 6) is -0.111. The Kier molecular flexibility index (Phi) is 5.76. The molecule has 1 saturated heterocycles. The molecule has 0 radical (unpaired) electrons. The van der Waals surface area contributed by atoms with Crippen LogP contribution in [0.4, 0.5) is 4.39 Å². The van der Waals surface area contributed by atoms with E-state index in [0.717, 1.165) is 6.42 Å². The van der Waals surface area contributed by atoms with Crippen molar-refractivity contribution < 1.29 is 23.4 Å². The quantitative estimate of drug-likeness (QED) is 0.859. The molecule has 0 aromatic heterocycles. The van der Waals surface area contributed by atoms with Crippen molar-refractivity contribution in [3.63, 3.8) is 0 Å². The predicted molar refractivity (Wildman–Crippen MR) is 69.8 cm³/mol. The standard InChI is InChI=1S/C14H18FNO4/c15-11-2-4-12(5-3-11)20-10-13(17)16-7-6-14-18-8-1-9-19-14/h2-5,14H,1,6-10H2,(H,16,17). The minimum absolute atomic E-state index is 0.0992. The van der Waals surface area contributed by atoms with E-state index in [2.05, 4.69) is 5.32 Å². The Bertz CT molecular complexity index is 418. The van der Waals surface area contributed by atoms with Gasteiger partial charge in [0.1, 0.15) is 11.6 Å². The number of nitrogens with one attached hydrogen (secondary N) is 1. The number of halogens is 1. The molecule has 0 atom stereocenters. The number of rotatable bonds is 6. The zero-order chi connectivity index (χ0) is 14.2. The van der Waals surface area contributed by atoms with Crippen molar-refractivity contribution in [2.75, 3.05) is 26.4 Å². The normalized spacial score (nSPS) is 15.8. The van der Waals surface area contributed by atoms with E-state index in [0.29, 0.717) is 31.9 Å². The molecule has 0 unspecified atom stereocenters. The Morgan fingerprint density at radius 1 is 1.30 bits per heavy atom. The van der Waals surface area contributed by atoms with Gasteiger partial charge in [-0.15, -0.1) is 0 Å². The van der Waals surface area contributed by atoms with Crippen LogP contribution in [0, 0.1) is 5.82 Å². The lowest BCUT2D eigenvalue weighted by atomic mass is 10.3. The maximum atomic E-state index is 12.7. The summed E-state index contributed by atoms with van der Waals surface area (Å²) in [6.07, 6.45) is 1.29. The Hall–Kier alpha value is -1.66. The summed E-state index contributed by atoms with van der Waals surface area (Å²) >= 11 is 0. The second-order valence-electron chi connectivity index (χ2n) is 4.41. The van der Waals surface area contributed by atoms with E-state index in [4.69, 9.17) is 14.2 Å². The summed E-state index contributed by atoms with van der Waals surface area (Å²) in [7, 11) is 0. The first-order valence-corrected chi connectivity index (χ1v) is 6.62. The molecule has 0 bridgehead atoms. The summed E-state index contributed by atoms with van der Waals surface area (Å²) in [5, 5.41) is 2.71. The number of benzene rings is 1. The maximum Gasteiger partial charge on any atom is 0.257 e. The molecular formula is C14H18FNO4. The molecule has 2 rings (SSSR count). The molecule has 1 heterocycles. The van der Waals surface area contributed by atoms with Gasteiger partial charge in [0.15, 0.2) is 12.9 Å². The summed E-state index contributed by atoms with van der Waals surface area (Å²) in [6, 6.07) is 5.52. The first-order chi connectivity index (χ1) is 9.74. The lowest BCUT2D eigenvalue weighted by Crippen LogP contribution is -2.34. The third-order valence-corrected chi connectivity index (χ3v) is 2.78. The second-order valence-corrected chi connectivity index (χ2v) is 4.41. The molecule has 1 N–H and O–H groups in total.